The van der Waals surface area contributed by atoms with Crippen molar-refractivity contribution in [2.24, 2.45) is 0 Å². The summed E-state index contributed by atoms with van der Waals surface area (Å²) in [6, 6.07) is 18.5. The van der Waals surface area contributed by atoms with Gasteiger partial charge in [-0.25, -0.2) is 0 Å². The largest absolute Gasteiger partial charge is 0.507 e. The van der Waals surface area contributed by atoms with Crippen LogP contribution in [0.4, 0.5) is 0 Å². The topological polar surface area (TPSA) is 124 Å². The van der Waals surface area contributed by atoms with Crippen LogP contribution >= 0.6 is 0 Å². The van der Waals surface area contributed by atoms with Gasteiger partial charge in [-0.05, 0) is 76.1 Å². The quantitative estimate of drug-likeness (QED) is 0.0602. The molecule has 4 N–H and O–H groups in total. The molecule has 2 amide bonds. The summed E-state index contributed by atoms with van der Waals surface area (Å²) in [6.45, 7) is 10.8. The van der Waals surface area contributed by atoms with E-state index < -0.39 is 11.8 Å². The van der Waals surface area contributed by atoms with Crippen molar-refractivity contribution in [1.82, 2.24) is 20.4 Å². The van der Waals surface area contributed by atoms with E-state index in [-0.39, 0.29) is 22.6 Å². The molecule has 3 aromatic rings. The van der Waals surface area contributed by atoms with Crippen LogP contribution in [-0.2, 0) is 13.1 Å². The van der Waals surface area contributed by atoms with Gasteiger partial charge in [0, 0.05) is 37.3 Å². The van der Waals surface area contributed by atoms with Crippen molar-refractivity contribution in [3.05, 3.63) is 82.9 Å². The first-order chi connectivity index (χ1) is 24.3. The Hall–Kier alpha value is -4.28. The van der Waals surface area contributed by atoms with Gasteiger partial charge in [0.05, 0.1) is 25.3 Å². The maximum Gasteiger partial charge on any atom is 0.255 e. The van der Waals surface area contributed by atoms with Gasteiger partial charge < -0.3 is 30.3 Å². The zero-order valence-electron chi connectivity index (χ0n) is 30.5. The fourth-order valence-corrected chi connectivity index (χ4v) is 6.01. The third-order valence-electron chi connectivity index (χ3n) is 9.04. The molecule has 0 unspecified atom stereocenters. The summed E-state index contributed by atoms with van der Waals surface area (Å²) in [5.74, 6) is 0.175. The highest BCUT2D eigenvalue weighted by Gasteiger charge is 2.19. The number of phenolic OH excluding ortho intramolecular Hbond substituents is 2. The molecule has 10 heteroatoms. The van der Waals surface area contributed by atoms with E-state index in [0.717, 1.165) is 114 Å². The lowest BCUT2D eigenvalue weighted by atomic mass is 10.1. The molecule has 0 heterocycles. The van der Waals surface area contributed by atoms with E-state index >= 15 is 0 Å². The minimum atomic E-state index is -0.483. The molecule has 0 aliphatic carbocycles. The monoisotopic (exact) mass is 690 g/mol. The summed E-state index contributed by atoms with van der Waals surface area (Å²) in [5, 5.41) is 26.6. The lowest BCUT2D eigenvalue weighted by molar-refractivity contribution is 0.0935. The first kappa shape index (κ1) is 40.2. The third-order valence-corrected chi connectivity index (χ3v) is 9.04. The summed E-state index contributed by atoms with van der Waals surface area (Å²) >= 11 is 0. The highest BCUT2D eigenvalue weighted by Crippen LogP contribution is 2.27. The maximum absolute atomic E-state index is 12.7. The van der Waals surface area contributed by atoms with Crippen LogP contribution in [0.25, 0.3) is 0 Å². The van der Waals surface area contributed by atoms with Crippen molar-refractivity contribution in [3.63, 3.8) is 0 Å². The fourth-order valence-electron chi connectivity index (χ4n) is 6.01. The second-order valence-electron chi connectivity index (χ2n) is 12.6. The van der Waals surface area contributed by atoms with E-state index in [1.165, 1.54) is 11.1 Å². The maximum atomic E-state index is 12.7. The number of amides is 2. The Bertz CT molecular complexity index is 1360. The Morgan fingerprint density at radius 1 is 0.600 bits per heavy atom. The molecule has 0 spiro atoms. The van der Waals surface area contributed by atoms with Gasteiger partial charge in [-0.1, -0.05) is 75.9 Å². The molecule has 0 fully saturated rings. The van der Waals surface area contributed by atoms with Crippen molar-refractivity contribution in [1.29, 1.82) is 0 Å². The lowest BCUT2D eigenvalue weighted by Gasteiger charge is -2.21. The SMILES string of the molecule is CCN(CCCCCCNC(=O)c1cc(O)c(C(=O)NCCCCCCN(CC)Cc2ccccc2OC)cc1O)Cc1ccccc1OC. The Morgan fingerprint density at radius 2 is 0.980 bits per heavy atom. The first-order valence-electron chi connectivity index (χ1n) is 18.1. The molecule has 0 aliphatic heterocycles. The Balaban J connectivity index is 1.30. The van der Waals surface area contributed by atoms with Crippen LogP contribution in [0.2, 0.25) is 0 Å². The second-order valence-corrected chi connectivity index (χ2v) is 12.6. The smallest absolute Gasteiger partial charge is 0.255 e. The number of methoxy groups -OCH3 is 2. The third kappa shape index (κ3) is 13.2. The molecule has 0 saturated carbocycles. The zero-order chi connectivity index (χ0) is 36.1. The summed E-state index contributed by atoms with van der Waals surface area (Å²) in [6.07, 6.45) is 7.71. The molecule has 0 saturated heterocycles. The summed E-state index contributed by atoms with van der Waals surface area (Å²) < 4.78 is 11.0. The number of nitrogens with one attached hydrogen (secondary N) is 2. The van der Waals surface area contributed by atoms with E-state index in [9.17, 15) is 19.8 Å². The number of hydrogen-bond acceptors (Lipinski definition) is 8. The Morgan fingerprint density at radius 3 is 1.36 bits per heavy atom. The van der Waals surface area contributed by atoms with Crippen LogP contribution in [-0.4, -0.2) is 85.3 Å². The number of phenols is 2. The van der Waals surface area contributed by atoms with Gasteiger partial charge in [-0.15, -0.1) is 0 Å². The van der Waals surface area contributed by atoms with Crippen LogP contribution in [0.5, 0.6) is 23.0 Å². The molecule has 0 aliphatic rings. The number of hydrogen-bond donors (Lipinski definition) is 4. The molecule has 10 nitrogen and oxygen atoms in total. The van der Waals surface area contributed by atoms with Crippen molar-refractivity contribution < 1.29 is 29.3 Å². The van der Waals surface area contributed by atoms with Gasteiger partial charge in [0.15, 0.2) is 0 Å². The van der Waals surface area contributed by atoms with Crippen LogP contribution in [0, 0.1) is 0 Å². The number of rotatable bonds is 24. The standard InChI is InChI=1S/C40H58N4O6/c1-5-43(29-31-19-11-13-21-37(31)49-3)25-17-9-7-15-23-41-39(47)33-27-36(46)34(28-35(33)45)40(48)42-24-16-8-10-18-26-44(6-2)30-32-20-12-14-22-38(32)50-4/h11-14,19-22,27-28,45-46H,5-10,15-18,23-26,29-30H2,1-4H3,(H,41,47)(H,42,48). The second kappa shape index (κ2) is 22.4. The minimum absolute atomic E-state index is 0.0548. The van der Waals surface area contributed by atoms with Gasteiger partial charge in [-0.3, -0.25) is 19.4 Å². The van der Waals surface area contributed by atoms with E-state index in [0.29, 0.717) is 13.1 Å². The molecule has 3 aromatic carbocycles. The van der Waals surface area contributed by atoms with E-state index in [4.69, 9.17) is 9.47 Å². The number of benzene rings is 3. The molecule has 274 valence electrons. The number of carbonyl (C=O) groups excluding carboxylic acids is 2. The number of ether oxygens (including phenoxy) is 2. The highest BCUT2D eigenvalue weighted by molar-refractivity contribution is 6.02. The number of nitrogens with zero attached hydrogens (tertiary/aromatic N) is 2. The van der Waals surface area contributed by atoms with Crippen LogP contribution < -0.4 is 20.1 Å². The van der Waals surface area contributed by atoms with Gasteiger partial charge in [-0.2, -0.15) is 0 Å². The molecule has 0 radical (unpaired) electrons. The van der Waals surface area contributed by atoms with Crippen molar-refractivity contribution in [3.8, 4) is 23.0 Å². The lowest BCUT2D eigenvalue weighted by Crippen LogP contribution is -2.26. The Labute approximate surface area is 298 Å². The average molecular weight is 691 g/mol. The number of para-hydroxylation sites is 2. The molecule has 0 atom stereocenters. The number of unbranched alkanes of at least 4 members (excludes halogenated alkanes) is 6. The predicted molar refractivity (Wildman–Crippen MR) is 199 cm³/mol. The van der Waals surface area contributed by atoms with Gasteiger partial charge in [0.1, 0.15) is 23.0 Å². The van der Waals surface area contributed by atoms with Gasteiger partial charge >= 0.3 is 0 Å². The number of carbonyl (C=O) groups is 2. The number of aromatic hydroxyl groups is 2. The zero-order valence-corrected chi connectivity index (χ0v) is 30.5. The van der Waals surface area contributed by atoms with Crippen LogP contribution in [0.1, 0.15) is 97.1 Å². The summed E-state index contributed by atoms with van der Waals surface area (Å²) in [4.78, 5) is 30.2. The van der Waals surface area contributed by atoms with Gasteiger partial charge in [0.2, 0.25) is 0 Å². The van der Waals surface area contributed by atoms with E-state index in [1.807, 2.05) is 36.4 Å². The molecule has 0 bridgehead atoms. The highest BCUT2D eigenvalue weighted by atomic mass is 16.5. The predicted octanol–water partition coefficient (Wildman–Crippen LogP) is 6.74. The minimum Gasteiger partial charge on any atom is -0.507 e. The summed E-state index contributed by atoms with van der Waals surface area (Å²) in [5.41, 5.74) is 2.25. The van der Waals surface area contributed by atoms with Crippen molar-refractivity contribution in [2.75, 3.05) is 53.5 Å². The van der Waals surface area contributed by atoms with Crippen LogP contribution in [0.15, 0.2) is 60.7 Å². The molecule has 3 rings (SSSR count). The van der Waals surface area contributed by atoms with Crippen LogP contribution in [0.3, 0.4) is 0 Å². The Kier molecular flexibility index (Phi) is 18.0. The molecular formula is C40H58N4O6. The average Bonchev–Trinajstić information content (AvgIpc) is 3.13. The normalized spacial score (nSPS) is 11.2. The molecule has 50 heavy (non-hydrogen) atoms. The van der Waals surface area contributed by atoms with E-state index in [2.05, 4.69) is 46.4 Å². The van der Waals surface area contributed by atoms with Crippen molar-refractivity contribution >= 4 is 11.8 Å². The molecular weight excluding hydrogens is 632 g/mol. The summed E-state index contributed by atoms with van der Waals surface area (Å²) in [7, 11) is 3.40. The first-order valence-corrected chi connectivity index (χ1v) is 18.1. The molecule has 0 aromatic heterocycles. The fraction of sp³-hybridized carbons (Fsp3) is 0.500. The van der Waals surface area contributed by atoms with E-state index in [1.54, 1.807) is 14.2 Å². The van der Waals surface area contributed by atoms with Gasteiger partial charge in [0.25, 0.3) is 11.8 Å². The van der Waals surface area contributed by atoms with Crippen molar-refractivity contribution in [2.45, 2.75) is 78.3 Å².